The molecule has 2 N–H and O–H groups in total. The molecule has 0 unspecified atom stereocenters. The molecule has 12 nitrogen and oxygen atoms in total. The fourth-order valence-corrected chi connectivity index (χ4v) is 5.57. The molecule has 1 aliphatic heterocycles. The number of anilines is 1. The van der Waals surface area contributed by atoms with Crippen LogP contribution < -0.4 is 5.73 Å². The third-order valence-corrected chi connectivity index (χ3v) is 8.04. The highest BCUT2D eigenvalue weighted by atomic mass is 16.7. The molecular weight excluding hydrogens is 650 g/mol. The predicted octanol–water partition coefficient (Wildman–Crippen LogP) is 5.01. The fraction of sp³-hybridized carbons (Fsp3) is 0.128. The van der Waals surface area contributed by atoms with Gasteiger partial charge in [-0.3, -0.25) is 0 Å². The molecule has 1 saturated heterocycles. The summed E-state index contributed by atoms with van der Waals surface area (Å²) in [7, 11) is 0. The Balaban J connectivity index is 1.31. The highest BCUT2D eigenvalue weighted by Crippen LogP contribution is 2.37. The van der Waals surface area contributed by atoms with Crippen molar-refractivity contribution in [2.45, 2.75) is 24.5 Å². The highest BCUT2D eigenvalue weighted by Gasteiger charge is 2.52. The molecule has 12 heteroatoms. The summed E-state index contributed by atoms with van der Waals surface area (Å²) in [6.45, 7) is -0.368. The average molecular weight is 680 g/mol. The molecule has 4 aromatic carbocycles. The van der Waals surface area contributed by atoms with Crippen molar-refractivity contribution in [2.24, 2.45) is 0 Å². The van der Waals surface area contributed by atoms with Crippen LogP contribution in [0.3, 0.4) is 0 Å². The molecule has 0 radical (unpaired) electrons. The van der Waals surface area contributed by atoms with Gasteiger partial charge < -0.3 is 24.7 Å². The lowest BCUT2D eigenvalue weighted by molar-refractivity contribution is -0.0654. The van der Waals surface area contributed by atoms with Gasteiger partial charge in [-0.15, -0.1) is 0 Å². The van der Waals surface area contributed by atoms with Gasteiger partial charge in [-0.1, -0.05) is 78.7 Å². The Labute approximate surface area is 291 Å². The van der Waals surface area contributed by atoms with Crippen molar-refractivity contribution in [3.8, 4) is 11.8 Å². The number of hydrogen-bond acceptors (Lipinski definition) is 11. The zero-order chi connectivity index (χ0) is 35.2. The van der Waals surface area contributed by atoms with Crippen molar-refractivity contribution in [1.29, 1.82) is 0 Å². The Hall–Kier alpha value is -6.84. The monoisotopic (exact) mass is 679 g/mol. The zero-order valence-corrected chi connectivity index (χ0v) is 26.9. The molecule has 0 spiro atoms. The minimum atomic E-state index is -1.32. The molecule has 0 amide bonds. The Morgan fingerprint density at radius 1 is 0.686 bits per heavy atom. The number of aromatic nitrogens is 4. The number of nitrogens with two attached hydrogens (primary N) is 1. The molecule has 4 atom stereocenters. The summed E-state index contributed by atoms with van der Waals surface area (Å²) >= 11 is 0. The SMILES string of the molecule is Nc1ncnc2c1c(C#Cc1ccccc1)nn2[C@@H]1O[C@H](COC(=O)c2ccccc2)[C@@H](OC(=O)c2ccccc2)[C@H]1OC(=O)c1ccccc1. The van der Waals surface area contributed by atoms with Gasteiger partial charge in [-0.25, -0.2) is 29.0 Å². The van der Waals surface area contributed by atoms with E-state index in [-0.39, 0.29) is 34.9 Å². The van der Waals surface area contributed by atoms with E-state index in [2.05, 4.69) is 21.8 Å². The van der Waals surface area contributed by atoms with Crippen molar-refractivity contribution in [3.05, 3.63) is 156 Å². The molecule has 6 aromatic rings. The van der Waals surface area contributed by atoms with Crippen LogP contribution in [0.4, 0.5) is 5.82 Å². The molecule has 0 bridgehead atoms. The second kappa shape index (κ2) is 14.7. The van der Waals surface area contributed by atoms with Gasteiger partial charge in [0.2, 0.25) is 0 Å². The Bertz CT molecular complexity index is 2240. The number of nitrogens with zero attached hydrogens (tertiary/aromatic N) is 4. The smallest absolute Gasteiger partial charge is 0.338 e. The predicted molar refractivity (Wildman–Crippen MR) is 184 cm³/mol. The first-order valence-electron chi connectivity index (χ1n) is 15.9. The van der Waals surface area contributed by atoms with Crippen LogP contribution in [-0.4, -0.2) is 62.6 Å². The largest absolute Gasteiger partial charge is 0.459 e. The van der Waals surface area contributed by atoms with Gasteiger partial charge in [0, 0.05) is 5.56 Å². The standard InChI is InChI=1S/C39H29N5O7/c40-34-31-29(22-21-25-13-5-1-6-14-25)43-44(35(31)42-24-41-34)36-33(51-39(47)28-19-11-4-12-20-28)32(50-38(46)27-17-9-3-10-18-27)30(49-36)23-48-37(45)26-15-7-2-8-16-26/h1-20,24,30,32-33,36H,23H2,(H2,40,41,42)/t30-,32-,33-,36-/m1/s1. The van der Waals surface area contributed by atoms with Crippen molar-refractivity contribution >= 4 is 34.8 Å². The van der Waals surface area contributed by atoms with Crippen molar-refractivity contribution in [3.63, 3.8) is 0 Å². The lowest BCUT2D eigenvalue weighted by atomic mass is 10.1. The van der Waals surface area contributed by atoms with Crippen LogP contribution in [-0.2, 0) is 18.9 Å². The quantitative estimate of drug-likeness (QED) is 0.131. The Kier molecular flexibility index (Phi) is 9.44. The van der Waals surface area contributed by atoms with Crippen molar-refractivity contribution < 1.29 is 33.3 Å². The molecule has 1 fully saturated rings. The number of fused-ring (bicyclic) bond motifs is 1. The maximum Gasteiger partial charge on any atom is 0.338 e. The first-order valence-corrected chi connectivity index (χ1v) is 15.9. The lowest BCUT2D eigenvalue weighted by Crippen LogP contribution is -2.41. The molecule has 252 valence electrons. The van der Waals surface area contributed by atoms with E-state index >= 15 is 0 Å². The summed E-state index contributed by atoms with van der Waals surface area (Å²) in [5.41, 5.74) is 8.32. The first kappa shape index (κ1) is 32.7. The van der Waals surface area contributed by atoms with Crippen LogP contribution in [0.25, 0.3) is 11.0 Å². The van der Waals surface area contributed by atoms with Gasteiger partial charge in [0.15, 0.2) is 24.1 Å². The summed E-state index contributed by atoms with van der Waals surface area (Å²) in [6, 6.07) is 34.3. The van der Waals surface area contributed by atoms with Gasteiger partial charge in [-0.2, -0.15) is 5.10 Å². The van der Waals surface area contributed by atoms with E-state index in [0.717, 1.165) is 5.56 Å². The maximum atomic E-state index is 13.6. The van der Waals surface area contributed by atoms with E-state index < -0.39 is 42.4 Å². The third-order valence-electron chi connectivity index (χ3n) is 8.04. The van der Waals surface area contributed by atoms with Crippen molar-refractivity contribution in [2.75, 3.05) is 12.3 Å². The number of carbonyl (C=O) groups is 3. The average Bonchev–Trinajstić information content (AvgIpc) is 3.72. The zero-order valence-electron chi connectivity index (χ0n) is 26.9. The topological polar surface area (TPSA) is 158 Å². The Morgan fingerprint density at radius 3 is 1.80 bits per heavy atom. The van der Waals surface area contributed by atoms with Crippen LogP contribution >= 0.6 is 0 Å². The number of benzene rings is 4. The van der Waals surface area contributed by atoms with Gasteiger partial charge >= 0.3 is 17.9 Å². The molecular formula is C39H29N5O7. The maximum absolute atomic E-state index is 13.6. The Morgan fingerprint density at radius 2 is 1.22 bits per heavy atom. The van der Waals surface area contributed by atoms with Crippen LogP contribution in [0.2, 0.25) is 0 Å². The minimum absolute atomic E-state index is 0.111. The molecule has 7 rings (SSSR count). The van der Waals surface area contributed by atoms with Gasteiger partial charge in [0.05, 0.1) is 22.1 Å². The summed E-state index contributed by atoms with van der Waals surface area (Å²) in [5, 5.41) is 5.06. The van der Waals surface area contributed by atoms with Crippen LogP contribution in [0.1, 0.15) is 48.6 Å². The number of nitrogen functional groups attached to an aromatic ring is 1. The first-order chi connectivity index (χ1) is 25.0. The molecule has 51 heavy (non-hydrogen) atoms. The van der Waals surface area contributed by atoms with E-state index in [1.54, 1.807) is 91.0 Å². The fourth-order valence-electron chi connectivity index (χ4n) is 5.57. The van der Waals surface area contributed by atoms with E-state index in [1.165, 1.54) is 11.0 Å². The van der Waals surface area contributed by atoms with Crippen LogP contribution in [0.15, 0.2) is 128 Å². The lowest BCUT2D eigenvalue weighted by Gasteiger charge is -2.24. The van der Waals surface area contributed by atoms with E-state index in [4.69, 9.17) is 29.8 Å². The van der Waals surface area contributed by atoms with E-state index in [9.17, 15) is 14.4 Å². The van der Waals surface area contributed by atoms with Gasteiger partial charge in [0.25, 0.3) is 0 Å². The summed E-state index contributed by atoms with van der Waals surface area (Å²) in [6.07, 6.45) is -3.72. The minimum Gasteiger partial charge on any atom is -0.459 e. The van der Waals surface area contributed by atoms with Crippen molar-refractivity contribution in [1.82, 2.24) is 19.7 Å². The summed E-state index contributed by atoms with van der Waals surface area (Å²) in [5.74, 6) is 4.17. The number of carbonyl (C=O) groups excluding carboxylic acids is 3. The van der Waals surface area contributed by atoms with E-state index in [0.29, 0.717) is 10.9 Å². The molecule has 3 heterocycles. The third kappa shape index (κ3) is 7.15. The normalized spacial score (nSPS) is 18.0. The van der Waals surface area contributed by atoms with E-state index in [1.807, 2.05) is 30.3 Å². The number of hydrogen-bond donors (Lipinski definition) is 1. The highest BCUT2D eigenvalue weighted by molar-refractivity contribution is 5.92. The molecule has 0 aliphatic carbocycles. The van der Waals surface area contributed by atoms with Gasteiger partial charge in [0.1, 0.15) is 30.5 Å². The summed E-state index contributed by atoms with van der Waals surface area (Å²) < 4.78 is 25.6. The number of ether oxygens (including phenoxy) is 4. The van der Waals surface area contributed by atoms with Crippen LogP contribution in [0, 0.1) is 11.8 Å². The summed E-state index contributed by atoms with van der Waals surface area (Å²) in [4.78, 5) is 48.7. The second-order valence-electron chi connectivity index (χ2n) is 11.4. The molecule has 2 aromatic heterocycles. The van der Waals surface area contributed by atoms with Gasteiger partial charge in [-0.05, 0) is 54.5 Å². The van der Waals surface area contributed by atoms with Crippen LogP contribution in [0.5, 0.6) is 0 Å². The molecule has 1 aliphatic rings. The number of esters is 3. The second-order valence-corrected chi connectivity index (χ2v) is 11.4. The number of rotatable bonds is 8. The molecule has 0 saturated carbocycles.